The summed E-state index contributed by atoms with van der Waals surface area (Å²) < 4.78 is 37.9. The second-order valence-electron chi connectivity index (χ2n) is 6.21. The van der Waals surface area contributed by atoms with Gasteiger partial charge < -0.3 is 20.1 Å². The Kier molecular flexibility index (Phi) is 12.5. The van der Waals surface area contributed by atoms with Crippen molar-refractivity contribution in [1.82, 2.24) is 10.6 Å². The molecule has 5 nitrogen and oxygen atoms in total. The van der Waals surface area contributed by atoms with Crippen LogP contribution in [0.3, 0.4) is 0 Å². The van der Waals surface area contributed by atoms with E-state index in [0.717, 1.165) is 51.2 Å². The second kappa shape index (κ2) is 14.1. The van der Waals surface area contributed by atoms with Gasteiger partial charge in [-0.15, -0.1) is 24.0 Å². The first-order chi connectivity index (χ1) is 12.7. The summed E-state index contributed by atoms with van der Waals surface area (Å²) in [6.45, 7) is 6.09. The molecule has 0 radical (unpaired) electrons. The van der Waals surface area contributed by atoms with Crippen LogP contribution in [-0.4, -0.2) is 51.5 Å². The minimum absolute atomic E-state index is 0. The summed E-state index contributed by atoms with van der Waals surface area (Å²) >= 11 is 0. The second-order valence-corrected chi connectivity index (χ2v) is 6.21. The zero-order valence-electron chi connectivity index (χ0n) is 15.8. The predicted molar refractivity (Wildman–Crippen MR) is 114 cm³/mol. The van der Waals surface area contributed by atoms with Gasteiger partial charge in [0.1, 0.15) is 11.6 Å². The molecule has 154 valence electrons. The first-order valence-corrected chi connectivity index (χ1v) is 9.34. The third kappa shape index (κ3) is 9.66. The average molecular weight is 497 g/mol. The average Bonchev–Trinajstić information content (AvgIpc) is 2.65. The van der Waals surface area contributed by atoms with Gasteiger partial charge in [-0.05, 0) is 56.4 Å². The van der Waals surface area contributed by atoms with E-state index in [0.29, 0.717) is 43.7 Å². The molecule has 0 aliphatic carbocycles. The van der Waals surface area contributed by atoms with E-state index in [2.05, 4.69) is 15.6 Å². The van der Waals surface area contributed by atoms with E-state index in [1.165, 1.54) is 6.07 Å². The molecule has 2 N–H and O–H groups in total. The lowest BCUT2D eigenvalue weighted by Gasteiger charge is -2.22. The van der Waals surface area contributed by atoms with Crippen molar-refractivity contribution in [2.24, 2.45) is 4.99 Å². The molecule has 0 saturated carbocycles. The van der Waals surface area contributed by atoms with Gasteiger partial charge in [0, 0.05) is 39.5 Å². The highest BCUT2D eigenvalue weighted by Crippen LogP contribution is 2.11. The van der Waals surface area contributed by atoms with Crippen molar-refractivity contribution in [3.05, 3.63) is 35.4 Å². The predicted octanol–water partition coefficient (Wildman–Crippen LogP) is 3.27. The standard InChI is InChI=1S/C19H29F2N3O2.HI/c1-2-22-19(23-9-3-11-26-17-7-12-25-13-8-17)24-10-6-15-14-16(20)4-5-18(15)21;/h4-5,14,17H,2-3,6-13H2,1H3,(H2,22,23,24);1H. The fraction of sp³-hybridized carbons (Fsp3) is 0.632. The molecule has 0 bridgehead atoms. The van der Waals surface area contributed by atoms with Crippen LogP contribution in [0.4, 0.5) is 8.78 Å². The fourth-order valence-electron chi connectivity index (χ4n) is 2.74. The van der Waals surface area contributed by atoms with Gasteiger partial charge in [0.05, 0.1) is 6.10 Å². The van der Waals surface area contributed by atoms with Gasteiger partial charge in [-0.1, -0.05) is 0 Å². The number of rotatable bonds is 9. The molecule has 1 heterocycles. The van der Waals surface area contributed by atoms with Gasteiger partial charge in [-0.3, -0.25) is 4.99 Å². The zero-order chi connectivity index (χ0) is 18.6. The molecule has 1 aliphatic rings. The Labute approximate surface area is 177 Å². The summed E-state index contributed by atoms with van der Waals surface area (Å²) in [5, 5.41) is 6.30. The summed E-state index contributed by atoms with van der Waals surface area (Å²) in [7, 11) is 0. The fourth-order valence-corrected chi connectivity index (χ4v) is 2.74. The van der Waals surface area contributed by atoms with Crippen molar-refractivity contribution in [2.45, 2.75) is 38.7 Å². The molecule has 0 spiro atoms. The summed E-state index contributed by atoms with van der Waals surface area (Å²) in [6, 6.07) is 3.51. The van der Waals surface area contributed by atoms with E-state index in [9.17, 15) is 8.78 Å². The van der Waals surface area contributed by atoms with E-state index in [1.807, 2.05) is 6.92 Å². The van der Waals surface area contributed by atoms with Crippen LogP contribution >= 0.6 is 24.0 Å². The largest absolute Gasteiger partial charge is 0.381 e. The van der Waals surface area contributed by atoms with Crippen molar-refractivity contribution < 1.29 is 18.3 Å². The highest BCUT2D eigenvalue weighted by Gasteiger charge is 2.13. The summed E-state index contributed by atoms with van der Waals surface area (Å²) in [4.78, 5) is 4.49. The third-order valence-corrected chi connectivity index (χ3v) is 4.13. The van der Waals surface area contributed by atoms with E-state index in [4.69, 9.17) is 9.47 Å². The van der Waals surface area contributed by atoms with Crippen LogP contribution < -0.4 is 10.6 Å². The van der Waals surface area contributed by atoms with Gasteiger partial charge in [0.25, 0.3) is 0 Å². The molecule has 0 amide bonds. The topological polar surface area (TPSA) is 54.9 Å². The molecule has 1 fully saturated rings. The number of benzene rings is 1. The lowest BCUT2D eigenvalue weighted by atomic mass is 10.1. The summed E-state index contributed by atoms with van der Waals surface area (Å²) in [5.41, 5.74) is 0.359. The van der Waals surface area contributed by atoms with Gasteiger partial charge in [0.15, 0.2) is 5.96 Å². The summed E-state index contributed by atoms with van der Waals surface area (Å²) in [6.07, 6.45) is 3.46. The Bertz CT molecular complexity index is 570. The molecule has 1 aliphatic heterocycles. The maximum Gasteiger partial charge on any atom is 0.191 e. The monoisotopic (exact) mass is 497 g/mol. The number of halogens is 3. The molecular weight excluding hydrogens is 467 g/mol. The van der Waals surface area contributed by atoms with Gasteiger partial charge in [-0.2, -0.15) is 0 Å². The van der Waals surface area contributed by atoms with Crippen LogP contribution in [0.25, 0.3) is 0 Å². The van der Waals surface area contributed by atoms with Crippen molar-refractivity contribution >= 4 is 29.9 Å². The van der Waals surface area contributed by atoms with Crippen molar-refractivity contribution in [3.63, 3.8) is 0 Å². The Morgan fingerprint density at radius 3 is 2.78 bits per heavy atom. The molecule has 0 unspecified atom stereocenters. The Morgan fingerprint density at radius 2 is 2.04 bits per heavy atom. The molecule has 0 atom stereocenters. The molecule has 8 heteroatoms. The first-order valence-electron chi connectivity index (χ1n) is 9.34. The zero-order valence-corrected chi connectivity index (χ0v) is 18.1. The lowest BCUT2D eigenvalue weighted by Crippen LogP contribution is -2.38. The van der Waals surface area contributed by atoms with E-state index < -0.39 is 5.82 Å². The normalized spacial score (nSPS) is 15.3. The Hall–Kier alpha value is -1.00. The molecule has 2 rings (SSSR count). The van der Waals surface area contributed by atoms with E-state index >= 15 is 0 Å². The molecule has 0 aromatic heterocycles. The van der Waals surface area contributed by atoms with Crippen LogP contribution in [0.2, 0.25) is 0 Å². The minimum atomic E-state index is -0.425. The molecule has 1 aromatic carbocycles. The van der Waals surface area contributed by atoms with Crippen LogP contribution in [0.5, 0.6) is 0 Å². The Balaban J connectivity index is 0.00000364. The highest BCUT2D eigenvalue weighted by atomic mass is 127. The lowest BCUT2D eigenvalue weighted by molar-refractivity contribution is -0.0318. The highest BCUT2D eigenvalue weighted by molar-refractivity contribution is 14.0. The van der Waals surface area contributed by atoms with Crippen LogP contribution in [0.1, 0.15) is 31.7 Å². The molecule has 1 saturated heterocycles. The molecule has 27 heavy (non-hydrogen) atoms. The number of ether oxygens (including phenoxy) is 2. The number of nitrogens with zero attached hydrogens (tertiary/aromatic N) is 1. The minimum Gasteiger partial charge on any atom is -0.381 e. The number of aliphatic imine (C=N–C) groups is 1. The van der Waals surface area contributed by atoms with Crippen molar-refractivity contribution in [3.8, 4) is 0 Å². The first kappa shape index (κ1) is 24.0. The number of hydrogen-bond donors (Lipinski definition) is 2. The van der Waals surface area contributed by atoms with Crippen LogP contribution in [-0.2, 0) is 15.9 Å². The third-order valence-electron chi connectivity index (χ3n) is 4.13. The maximum atomic E-state index is 13.6. The SMILES string of the molecule is CCNC(=NCCCOC1CCOCC1)NCCc1cc(F)ccc1F.I. The van der Waals surface area contributed by atoms with Gasteiger partial charge in [-0.25, -0.2) is 8.78 Å². The van der Waals surface area contributed by atoms with Crippen molar-refractivity contribution in [2.75, 3.05) is 39.5 Å². The van der Waals surface area contributed by atoms with E-state index in [1.54, 1.807) is 0 Å². The summed E-state index contributed by atoms with van der Waals surface area (Å²) in [5.74, 6) is -0.137. The quantitative estimate of drug-likeness (QED) is 0.238. The Morgan fingerprint density at radius 1 is 1.26 bits per heavy atom. The number of hydrogen-bond acceptors (Lipinski definition) is 3. The van der Waals surface area contributed by atoms with Crippen molar-refractivity contribution in [1.29, 1.82) is 0 Å². The molecular formula is C19H30F2IN3O2. The number of guanidine groups is 1. The van der Waals surface area contributed by atoms with E-state index in [-0.39, 0.29) is 29.8 Å². The van der Waals surface area contributed by atoms with Gasteiger partial charge >= 0.3 is 0 Å². The smallest absolute Gasteiger partial charge is 0.191 e. The maximum absolute atomic E-state index is 13.6. The molecule has 1 aromatic rings. The van der Waals surface area contributed by atoms with Crippen LogP contribution in [0, 0.1) is 11.6 Å². The number of nitrogens with one attached hydrogen (secondary N) is 2. The van der Waals surface area contributed by atoms with Crippen LogP contribution in [0.15, 0.2) is 23.2 Å². The van der Waals surface area contributed by atoms with Gasteiger partial charge in [0.2, 0.25) is 0 Å².